The van der Waals surface area contributed by atoms with Crippen LogP contribution in [-0.2, 0) is 0 Å². The Morgan fingerprint density at radius 3 is 2.57 bits per heavy atom. The van der Waals surface area contributed by atoms with Crippen molar-refractivity contribution in [3.8, 4) is 40.2 Å². The van der Waals surface area contributed by atoms with E-state index in [1.165, 1.54) is 4.68 Å². The van der Waals surface area contributed by atoms with Gasteiger partial charge in [0.1, 0.15) is 17.2 Å². The highest BCUT2D eigenvalue weighted by Gasteiger charge is 2.21. The van der Waals surface area contributed by atoms with E-state index in [0.717, 1.165) is 5.56 Å². The van der Waals surface area contributed by atoms with Gasteiger partial charge in [-0.1, -0.05) is 22.0 Å². The predicted octanol–water partition coefficient (Wildman–Crippen LogP) is 3.24. The molecular weight excluding hydrogens is 384 g/mol. The molecule has 0 amide bonds. The first-order valence-corrected chi connectivity index (χ1v) is 8.52. The van der Waals surface area contributed by atoms with Crippen molar-refractivity contribution in [3.63, 3.8) is 0 Å². The van der Waals surface area contributed by atoms with E-state index in [4.69, 9.17) is 31.3 Å². The zero-order chi connectivity index (χ0) is 19.7. The molecule has 0 radical (unpaired) electrons. The van der Waals surface area contributed by atoms with E-state index in [0.29, 0.717) is 28.0 Å². The molecule has 4 rings (SSSR count). The van der Waals surface area contributed by atoms with Gasteiger partial charge in [0.15, 0.2) is 11.5 Å². The third-order valence-electron chi connectivity index (χ3n) is 4.05. The van der Waals surface area contributed by atoms with Crippen molar-refractivity contribution < 1.29 is 14.0 Å². The Balaban J connectivity index is 1.73. The number of anilines is 1. The van der Waals surface area contributed by atoms with E-state index in [-0.39, 0.29) is 17.4 Å². The number of aromatic nitrogens is 5. The highest BCUT2D eigenvalue weighted by molar-refractivity contribution is 6.30. The second-order valence-electron chi connectivity index (χ2n) is 5.70. The van der Waals surface area contributed by atoms with Crippen molar-refractivity contribution in [3.05, 3.63) is 47.5 Å². The van der Waals surface area contributed by atoms with Crippen LogP contribution in [0.5, 0.6) is 11.5 Å². The molecule has 0 aliphatic heterocycles. The lowest BCUT2D eigenvalue weighted by molar-refractivity contribution is 0.400. The minimum atomic E-state index is 0.149. The molecule has 0 spiro atoms. The van der Waals surface area contributed by atoms with Crippen LogP contribution in [0, 0.1) is 0 Å². The molecule has 0 unspecified atom stereocenters. The Bertz CT molecular complexity index is 1120. The van der Waals surface area contributed by atoms with Gasteiger partial charge in [-0.15, -0.1) is 5.10 Å². The van der Waals surface area contributed by atoms with Crippen molar-refractivity contribution in [2.24, 2.45) is 0 Å². The molecule has 0 bridgehead atoms. The Morgan fingerprint density at radius 1 is 1.07 bits per heavy atom. The van der Waals surface area contributed by atoms with Gasteiger partial charge in [0, 0.05) is 16.7 Å². The van der Waals surface area contributed by atoms with Crippen molar-refractivity contribution in [1.29, 1.82) is 0 Å². The number of nitrogen functional groups attached to an aromatic ring is 1. The summed E-state index contributed by atoms with van der Waals surface area (Å²) in [4.78, 5) is 4.35. The highest BCUT2D eigenvalue weighted by atomic mass is 35.5. The summed E-state index contributed by atoms with van der Waals surface area (Å²) in [5.74, 6) is 1.93. The third-order valence-corrected chi connectivity index (χ3v) is 4.30. The summed E-state index contributed by atoms with van der Waals surface area (Å²) in [7, 11) is 3.12. The average molecular weight is 399 g/mol. The van der Waals surface area contributed by atoms with Gasteiger partial charge in [-0.3, -0.25) is 0 Å². The lowest BCUT2D eigenvalue weighted by atomic mass is 10.2. The Kier molecular flexibility index (Phi) is 4.58. The second kappa shape index (κ2) is 7.20. The van der Waals surface area contributed by atoms with Crippen LogP contribution in [0.15, 0.2) is 47.0 Å². The quantitative estimate of drug-likeness (QED) is 0.545. The smallest absolute Gasteiger partial charge is 0.282 e. The van der Waals surface area contributed by atoms with Gasteiger partial charge in [0.2, 0.25) is 5.82 Å². The molecule has 0 atom stereocenters. The van der Waals surface area contributed by atoms with E-state index in [2.05, 4.69) is 20.5 Å². The van der Waals surface area contributed by atoms with E-state index in [1.54, 1.807) is 56.7 Å². The van der Waals surface area contributed by atoms with Crippen LogP contribution in [0.3, 0.4) is 0 Å². The minimum Gasteiger partial charge on any atom is -0.497 e. The molecule has 0 saturated carbocycles. The number of rotatable bonds is 5. The maximum atomic E-state index is 6.25. The van der Waals surface area contributed by atoms with E-state index >= 15 is 0 Å². The fourth-order valence-corrected chi connectivity index (χ4v) is 2.74. The van der Waals surface area contributed by atoms with Crippen LogP contribution in [-0.4, -0.2) is 39.4 Å². The van der Waals surface area contributed by atoms with Crippen molar-refractivity contribution in [1.82, 2.24) is 25.1 Å². The zero-order valence-corrected chi connectivity index (χ0v) is 15.7. The van der Waals surface area contributed by atoms with Crippen molar-refractivity contribution in [2.75, 3.05) is 20.0 Å². The summed E-state index contributed by atoms with van der Waals surface area (Å²) in [6, 6.07) is 12.3. The molecule has 0 aliphatic carbocycles. The maximum Gasteiger partial charge on any atom is 0.282 e. The SMILES string of the molecule is COc1ccc(OC)c(-n2nnc(-c3nc(-c4ccc(Cl)cc4)no3)c2N)c1. The first-order chi connectivity index (χ1) is 13.6. The van der Waals surface area contributed by atoms with Gasteiger partial charge in [0.25, 0.3) is 5.89 Å². The Labute approximate surface area is 164 Å². The van der Waals surface area contributed by atoms with Crippen LogP contribution in [0.25, 0.3) is 28.7 Å². The molecule has 2 aromatic heterocycles. The number of nitrogens with zero attached hydrogens (tertiary/aromatic N) is 5. The topological polar surface area (TPSA) is 114 Å². The fraction of sp³-hybridized carbons (Fsp3) is 0.111. The van der Waals surface area contributed by atoms with Gasteiger partial charge in [-0.05, 0) is 36.4 Å². The summed E-state index contributed by atoms with van der Waals surface area (Å²) >= 11 is 5.91. The van der Waals surface area contributed by atoms with E-state index < -0.39 is 0 Å². The highest BCUT2D eigenvalue weighted by Crippen LogP contribution is 2.32. The largest absolute Gasteiger partial charge is 0.497 e. The Morgan fingerprint density at radius 2 is 1.86 bits per heavy atom. The lowest BCUT2D eigenvalue weighted by Gasteiger charge is -2.10. The number of methoxy groups -OCH3 is 2. The van der Waals surface area contributed by atoms with Crippen LogP contribution in [0.1, 0.15) is 0 Å². The molecule has 2 aromatic carbocycles. The first kappa shape index (κ1) is 17.8. The second-order valence-corrected chi connectivity index (χ2v) is 6.14. The van der Waals surface area contributed by atoms with Gasteiger partial charge in [-0.25, -0.2) is 0 Å². The van der Waals surface area contributed by atoms with Gasteiger partial charge in [-0.2, -0.15) is 9.67 Å². The molecule has 0 fully saturated rings. The fourth-order valence-electron chi connectivity index (χ4n) is 2.62. The molecule has 4 aromatic rings. The third kappa shape index (κ3) is 3.12. The number of nitrogens with two attached hydrogens (primary N) is 1. The number of hydrogen-bond acceptors (Lipinski definition) is 8. The van der Waals surface area contributed by atoms with Crippen LogP contribution in [0.4, 0.5) is 5.82 Å². The van der Waals surface area contributed by atoms with E-state index in [1.807, 2.05) is 0 Å². The number of ether oxygens (including phenoxy) is 2. The number of halogens is 1. The zero-order valence-electron chi connectivity index (χ0n) is 15.0. The normalized spacial score (nSPS) is 10.8. The molecule has 9 nitrogen and oxygen atoms in total. The number of hydrogen-bond donors (Lipinski definition) is 1. The summed E-state index contributed by atoms with van der Waals surface area (Å²) in [5, 5.41) is 12.8. The van der Waals surface area contributed by atoms with Crippen molar-refractivity contribution >= 4 is 17.4 Å². The van der Waals surface area contributed by atoms with Crippen molar-refractivity contribution in [2.45, 2.75) is 0 Å². The number of benzene rings is 2. The van der Waals surface area contributed by atoms with E-state index in [9.17, 15) is 0 Å². The minimum absolute atomic E-state index is 0.149. The molecule has 10 heteroatoms. The van der Waals surface area contributed by atoms with Gasteiger partial charge >= 0.3 is 0 Å². The molecule has 28 heavy (non-hydrogen) atoms. The van der Waals surface area contributed by atoms with Crippen LogP contribution >= 0.6 is 11.6 Å². The van der Waals surface area contributed by atoms with Gasteiger partial charge < -0.3 is 19.7 Å². The molecule has 142 valence electrons. The maximum absolute atomic E-state index is 6.25. The molecule has 0 saturated heterocycles. The van der Waals surface area contributed by atoms with Gasteiger partial charge in [0.05, 0.1) is 14.2 Å². The predicted molar refractivity (Wildman–Crippen MR) is 103 cm³/mol. The standard InChI is InChI=1S/C18H15ClN6O3/c1-26-12-7-8-14(27-2)13(9-12)25-16(20)15(22-24-25)18-21-17(23-28-18)10-3-5-11(19)6-4-10/h3-9H,20H2,1-2H3. The Hall–Kier alpha value is -3.59. The molecule has 0 aliphatic rings. The molecule has 2 N–H and O–H groups in total. The summed E-state index contributed by atoms with van der Waals surface area (Å²) < 4.78 is 17.4. The summed E-state index contributed by atoms with van der Waals surface area (Å²) in [5.41, 5.74) is 7.82. The molecule has 2 heterocycles. The monoisotopic (exact) mass is 398 g/mol. The average Bonchev–Trinajstić information content (AvgIpc) is 3.34. The first-order valence-electron chi connectivity index (χ1n) is 8.14. The van der Waals surface area contributed by atoms with Crippen LogP contribution in [0.2, 0.25) is 5.02 Å². The lowest BCUT2D eigenvalue weighted by Crippen LogP contribution is -2.05. The summed E-state index contributed by atoms with van der Waals surface area (Å²) in [6.07, 6.45) is 0. The molecular formula is C18H15ClN6O3. The van der Waals surface area contributed by atoms with Crippen LogP contribution < -0.4 is 15.2 Å². The summed E-state index contributed by atoms with van der Waals surface area (Å²) in [6.45, 7) is 0.